The summed E-state index contributed by atoms with van der Waals surface area (Å²) in [6.07, 6.45) is 0.729. The van der Waals surface area contributed by atoms with Gasteiger partial charge in [-0.05, 0) is 48.6 Å². The fourth-order valence-electron chi connectivity index (χ4n) is 3.27. The zero-order valence-electron chi connectivity index (χ0n) is 16.0. The van der Waals surface area contributed by atoms with Crippen molar-refractivity contribution in [3.05, 3.63) is 47.7 Å². The minimum Gasteiger partial charge on any atom is -0.383 e. The van der Waals surface area contributed by atoms with Crippen molar-refractivity contribution in [3.8, 4) is 11.3 Å². The first-order valence-corrected chi connectivity index (χ1v) is 9.21. The van der Waals surface area contributed by atoms with Gasteiger partial charge >= 0.3 is 0 Å². The normalized spacial score (nSPS) is 17.8. The second-order valence-electron chi connectivity index (χ2n) is 7.14. The molecule has 7 nitrogen and oxygen atoms in total. The second kappa shape index (κ2) is 7.12. The van der Waals surface area contributed by atoms with Crippen LogP contribution in [0.5, 0.6) is 0 Å². The van der Waals surface area contributed by atoms with E-state index in [1.54, 1.807) is 31.4 Å². The molecule has 1 saturated carbocycles. The van der Waals surface area contributed by atoms with Gasteiger partial charge in [-0.2, -0.15) is 0 Å². The van der Waals surface area contributed by atoms with E-state index in [9.17, 15) is 14.0 Å². The van der Waals surface area contributed by atoms with Gasteiger partial charge in [0, 0.05) is 29.8 Å². The fraction of sp³-hybridized carbons (Fsp3) is 0.238. The molecule has 148 valence electrons. The lowest BCUT2D eigenvalue weighted by molar-refractivity contribution is -0.117. The molecule has 0 unspecified atom stereocenters. The number of nitrogens with zero attached hydrogens (tertiary/aromatic N) is 2. The number of rotatable bonds is 4. The van der Waals surface area contributed by atoms with Crippen molar-refractivity contribution >= 4 is 34.2 Å². The van der Waals surface area contributed by atoms with Crippen LogP contribution in [-0.4, -0.2) is 35.0 Å². The SMILES string of the molecule is CNC(=O)c1ccc(-c2cc3cc(NC(=O)[C@@H]4C[C@@H]4F)ncc3c(N)n2)c(C)c1. The van der Waals surface area contributed by atoms with E-state index < -0.39 is 12.1 Å². The first-order valence-electron chi connectivity index (χ1n) is 9.21. The Kier molecular flexibility index (Phi) is 4.62. The van der Waals surface area contributed by atoms with Gasteiger partial charge in [0.15, 0.2) is 0 Å². The van der Waals surface area contributed by atoms with Crippen molar-refractivity contribution in [2.75, 3.05) is 18.1 Å². The Bertz CT molecular complexity index is 1150. The lowest BCUT2D eigenvalue weighted by atomic mass is 10.0. The third kappa shape index (κ3) is 3.61. The number of aryl methyl sites for hydroxylation is 1. The van der Waals surface area contributed by atoms with E-state index in [1.807, 2.05) is 19.1 Å². The number of nitrogens with one attached hydrogen (secondary N) is 2. The molecule has 2 aromatic heterocycles. The first-order chi connectivity index (χ1) is 13.9. The Morgan fingerprint density at radius 2 is 2.00 bits per heavy atom. The Labute approximate surface area is 166 Å². The Hall–Kier alpha value is -3.55. The molecule has 4 rings (SSSR count). The number of hydrogen-bond donors (Lipinski definition) is 3. The molecule has 0 saturated heterocycles. The molecule has 2 heterocycles. The smallest absolute Gasteiger partial charge is 0.251 e. The number of anilines is 2. The van der Waals surface area contributed by atoms with Gasteiger partial charge in [-0.1, -0.05) is 6.07 Å². The third-order valence-electron chi connectivity index (χ3n) is 5.04. The van der Waals surface area contributed by atoms with Crippen LogP contribution in [0.4, 0.5) is 16.0 Å². The zero-order valence-corrected chi connectivity index (χ0v) is 16.0. The summed E-state index contributed by atoms with van der Waals surface area (Å²) in [5.74, 6) is -0.476. The van der Waals surface area contributed by atoms with Crippen LogP contribution in [0.3, 0.4) is 0 Å². The molecule has 2 amide bonds. The van der Waals surface area contributed by atoms with Crippen molar-refractivity contribution < 1.29 is 14.0 Å². The van der Waals surface area contributed by atoms with Gasteiger partial charge in [-0.25, -0.2) is 14.4 Å². The molecular formula is C21H20FN5O2. The van der Waals surface area contributed by atoms with Crippen LogP contribution < -0.4 is 16.4 Å². The van der Waals surface area contributed by atoms with E-state index in [0.29, 0.717) is 28.3 Å². The Balaban J connectivity index is 1.70. The molecule has 1 aliphatic rings. The van der Waals surface area contributed by atoms with E-state index in [-0.39, 0.29) is 18.2 Å². The Morgan fingerprint density at radius 1 is 1.24 bits per heavy atom. The molecule has 2 atom stereocenters. The van der Waals surface area contributed by atoms with E-state index in [4.69, 9.17) is 5.73 Å². The summed E-state index contributed by atoms with van der Waals surface area (Å²) < 4.78 is 13.1. The van der Waals surface area contributed by atoms with Crippen LogP contribution in [0.25, 0.3) is 22.0 Å². The summed E-state index contributed by atoms with van der Waals surface area (Å²) >= 11 is 0. The highest BCUT2D eigenvalue weighted by Crippen LogP contribution is 2.35. The fourth-order valence-corrected chi connectivity index (χ4v) is 3.27. The lowest BCUT2D eigenvalue weighted by Crippen LogP contribution is -2.17. The first kappa shape index (κ1) is 18.8. The lowest BCUT2D eigenvalue weighted by Gasteiger charge is -2.11. The number of pyridine rings is 2. The minimum absolute atomic E-state index is 0.164. The van der Waals surface area contributed by atoms with Crippen molar-refractivity contribution in [3.63, 3.8) is 0 Å². The molecule has 29 heavy (non-hydrogen) atoms. The van der Waals surface area contributed by atoms with Gasteiger partial charge < -0.3 is 16.4 Å². The molecule has 0 radical (unpaired) electrons. The van der Waals surface area contributed by atoms with Crippen molar-refractivity contribution in [1.82, 2.24) is 15.3 Å². The number of halogens is 1. The predicted octanol–water partition coefficient (Wildman–Crippen LogP) is 2.84. The molecule has 0 aliphatic heterocycles. The monoisotopic (exact) mass is 393 g/mol. The number of hydrogen-bond acceptors (Lipinski definition) is 5. The van der Waals surface area contributed by atoms with Crippen molar-refractivity contribution in [2.24, 2.45) is 5.92 Å². The summed E-state index contributed by atoms with van der Waals surface area (Å²) in [6, 6.07) is 8.88. The Morgan fingerprint density at radius 3 is 2.66 bits per heavy atom. The van der Waals surface area contributed by atoms with Crippen LogP contribution in [0.15, 0.2) is 36.5 Å². The quantitative estimate of drug-likeness (QED) is 0.631. The number of alkyl halides is 1. The van der Waals surface area contributed by atoms with Gasteiger partial charge in [-0.3, -0.25) is 9.59 Å². The highest BCUT2D eigenvalue weighted by molar-refractivity contribution is 5.99. The topological polar surface area (TPSA) is 110 Å². The number of fused-ring (bicyclic) bond motifs is 1. The molecule has 1 fully saturated rings. The number of benzene rings is 1. The van der Waals surface area contributed by atoms with Gasteiger partial charge in [-0.15, -0.1) is 0 Å². The molecule has 8 heteroatoms. The molecule has 3 aromatic rings. The summed E-state index contributed by atoms with van der Waals surface area (Å²) in [5, 5.41) is 6.65. The number of nitrogens with two attached hydrogens (primary N) is 1. The number of nitrogen functional groups attached to an aromatic ring is 1. The summed E-state index contributed by atoms with van der Waals surface area (Å²) in [7, 11) is 1.58. The highest BCUT2D eigenvalue weighted by Gasteiger charge is 2.43. The second-order valence-corrected chi connectivity index (χ2v) is 7.14. The van der Waals surface area contributed by atoms with Gasteiger partial charge in [0.05, 0.1) is 11.6 Å². The van der Waals surface area contributed by atoms with Gasteiger partial charge in [0.25, 0.3) is 5.91 Å². The molecule has 0 spiro atoms. The van der Waals surface area contributed by atoms with E-state index in [2.05, 4.69) is 20.6 Å². The number of amides is 2. The average molecular weight is 393 g/mol. The van der Waals surface area contributed by atoms with Crippen LogP contribution in [0.2, 0.25) is 0 Å². The maximum Gasteiger partial charge on any atom is 0.251 e. The van der Waals surface area contributed by atoms with Crippen LogP contribution >= 0.6 is 0 Å². The minimum atomic E-state index is -1.07. The standard InChI is InChI=1S/C21H20FN5O2/c1-10-5-11(20(28)24-2)3-4-13(10)17-6-12-7-18(25-9-15(12)19(23)26-17)27-21(29)14-8-16(14)22/h3-7,9,14,16H,8H2,1-2H3,(H2,23,26)(H,24,28)(H,25,27,29)/t14-,16+/m1/s1. The van der Waals surface area contributed by atoms with Crippen LogP contribution in [0.1, 0.15) is 22.3 Å². The van der Waals surface area contributed by atoms with E-state index >= 15 is 0 Å². The van der Waals surface area contributed by atoms with Crippen LogP contribution in [-0.2, 0) is 4.79 Å². The third-order valence-corrected chi connectivity index (χ3v) is 5.04. The number of carbonyl (C=O) groups excluding carboxylic acids is 2. The maximum atomic E-state index is 13.1. The van der Waals surface area contributed by atoms with Crippen molar-refractivity contribution in [1.29, 1.82) is 0 Å². The molecule has 0 bridgehead atoms. The summed E-state index contributed by atoms with van der Waals surface area (Å²) in [6.45, 7) is 1.89. The molecule has 1 aliphatic carbocycles. The van der Waals surface area contributed by atoms with Gasteiger partial charge in [0.1, 0.15) is 17.8 Å². The van der Waals surface area contributed by atoms with Crippen molar-refractivity contribution in [2.45, 2.75) is 19.5 Å². The largest absolute Gasteiger partial charge is 0.383 e. The van der Waals surface area contributed by atoms with Crippen LogP contribution in [0, 0.1) is 12.8 Å². The molecular weight excluding hydrogens is 373 g/mol. The highest BCUT2D eigenvalue weighted by atomic mass is 19.1. The summed E-state index contributed by atoms with van der Waals surface area (Å²) in [4.78, 5) is 32.5. The maximum absolute atomic E-state index is 13.1. The molecule has 4 N–H and O–H groups in total. The average Bonchev–Trinajstić information content (AvgIpc) is 3.43. The molecule has 1 aromatic carbocycles. The number of aromatic nitrogens is 2. The zero-order chi connectivity index (χ0) is 20.7. The predicted molar refractivity (Wildman–Crippen MR) is 109 cm³/mol. The van der Waals surface area contributed by atoms with Gasteiger partial charge in [0.2, 0.25) is 5.91 Å². The van der Waals surface area contributed by atoms with E-state index in [1.165, 1.54) is 0 Å². The van der Waals surface area contributed by atoms with E-state index in [0.717, 1.165) is 16.5 Å². The summed E-state index contributed by atoms with van der Waals surface area (Å²) in [5.41, 5.74) is 9.04. The number of carbonyl (C=O) groups is 2.